The first-order chi connectivity index (χ1) is 13.8. The van der Waals surface area contributed by atoms with E-state index in [1.807, 2.05) is 26.0 Å². The van der Waals surface area contributed by atoms with Crippen molar-refractivity contribution in [2.75, 3.05) is 27.2 Å². The Morgan fingerprint density at radius 3 is 2.14 bits per heavy atom. The van der Waals surface area contributed by atoms with Crippen molar-refractivity contribution >= 4 is 35.7 Å². The highest BCUT2D eigenvalue weighted by atomic mass is 32.2. The normalized spacial score (nSPS) is 11.8. The predicted octanol–water partition coefficient (Wildman–Crippen LogP) is 4.35. The van der Waals surface area contributed by atoms with Crippen LogP contribution in [0.5, 0.6) is 11.5 Å². The molecule has 1 aliphatic heterocycles. The van der Waals surface area contributed by atoms with E-state index in [9.17, 15) is 20.1 Å². The number of rotatable bonds is 4. The van der Waals surface area contributed by atoms with Crippen LogP contribution in [0.4, 0.5) is 9.59 Å². The van der Waals surface area contributed by atoms with Crippen molar-refractivity contribution in [3.8, 4) is 23.6 Å². The van der Waals surface area contributed by atoms with Gasteiger partial charge in [0.15, 0.2) is 5.75 Å². The molecule has 1 aromatic rings. The van der Waals surface area contributed by atoms with Crippen LogP contribution < -0.4 is 9.47 Å². The zero-order valence-corrected chi connectivity index (χ0v) is 18.4. The van der Waals surface area contributed by atoms with Crippen molar-refractivity contribution in [2.45, 2.75) is 30.6 Å². The van der Waals surface area contributed by atoms with Gasteiger partial charge in [0.25, 0.3) is 0 Å². The highest BCUT2D eigenvalue weighted by Crippen LogP contribution is 2.59. The number of benzene rings is 1. The van der Waals surface area contributed by atoms with E-state index in [0.29, 0.717) is 44.2 Å². The zero-order valence-electron chi connectivity index (χ0n) is 16.7. The molecule has 1 aliphatic rings. The Morgan fingerprint density at radius 1 is 1.03 bits per heavy atom. The van der Waals surface area contributed by atoms with Crippen LogP contribution in [0.15, 0.2) is 25.7 Å². The molecule has 0 unspecified atom stereocenters. The maximum absolute atomic E-state index is 12.4. The number of carbonyl (C=O) groups excluding carboxylic acids is 2. The van der Waals surface area contributed by atoms with Crippen LogP contribution in [0.25, 0.3) is 0 Å². The molecule has 1 heterocycles. The topological polar surface area (TPSA) is 107 Å². The number of nitriles is 2. The molecule has 29 heavy (non-hydrogen) atoms. The molecule has 152 valence electrons. The van der Waals surface area contributed by atoms with Gasteiger partial charge in [-0.05, 0) is 32.4 Å². The highest BCUT2D eigenvalue weighted by molar-refractivity contribution is 8.24. The molecule has 8 nitrogen and oxygen atoms in total. The van der Waals surface area contributed by atoms with Gasteiger partial charge in [-0.2, -0.15) is 10.5 Å². The number of aryl methyl sites for hydroxylation is 1. The van der Waals surface area contributed by atoms with Gasteiger partial charge in [0, 0.05) is 27.2 Å². The van der Waals surface area contributed by atoms with Crippen molar-refractivity contribution < 1.29 is 19.1 Å². The van der Waals surface area contributed by atoms with Gasteiger partial charge in [-0.25, -0.2) is 9.59 Å². The summed E-state index contributed by atoms with van der Waals surface area (Å²) in [5.74, 6) is 0.603. The smallest absolute Gasteiger partial charge is 0.409 e. The number of amides is 2. The van der Waals surface area contributed by atoms with Crippen LogP contribution in [0.2, 0.25) is 0 Å². The fourth-order valence-electron chi connectivity index (χ4n) is 2.36. The molecule has 0 fully saturated rings. The lowest BCUT2D eigenvalue weighted by molar-refractivity contribution is 0.155. The van der Waals surface area contributed by atoms with Crippen molar-refractivity contribution in [1.29, 1.82) is 10.5 Å². The summed E-state index contributed by atoms with van der Waals surface area (Å²) in [5, 5.41) is 18.4. The first kappa shape index (κ1) is 22.5. The van der Waals surface area contributed by atoms with Gasteiger partial charge >= 0.3 is 12.2 Å². The molecule has 1 aromatic carbocycles. The summed E-state index contributed by atoms with van der Waals surface area (Å²) >= 11 is 2.29. The molecule has 0 aromatic heterocycles. The molecular formula is C19H20N4O4S2. The Hall–Kier alpha value is -2.82. The van der Waals surface area contributed by atoms with Crippen molar-refractivity contribution in [1.82, 2.24) is 9.80 Å². The van der Waals surface area contributed by atoms with Gasteiger partial charge in [-0.15, -0.1) is 0 Å². The number of nitrogens with zero attached hydrogens (tertiary/aromatic N) is 4. The number of fused-ring (bicyclic) bond motifs is 1. The Balaban J connectivity index is 2.56. The number of allylic oxidation sites excluding steroid dienone is 1. The molecule has 0 spiro atoms. The minimum atomic E-state index is -0.563. The molecule has 0 saturated carbocycles. The number of hydrogen-bond donors (Lipinski definition) is 0. The molecule has 0 radical (unpaired) electrons. The van der Waals surface area contributed by atoms with Gasteiger partial charge in [-0.1, -0.05) is 23.5 Å². The molecule has 2 amide bonds. The molecule has 0 saturated heterocycles. The molecule has 0 atom stereocenters. The summed E-state index contributed by atoms with van der Waals surface area (Å²) in [6.45, 7) is 6.42. The molecule has 10 heteroatoms. The van der Waals surface area contributed by atoms with Crippen LogP contribution in [0, 0.1) is 29.6 Å². The van der Waals surface area contributed by atoms with E-state index in [1.54, 1.807) is 27.1 Å². The lowest BCUT2D eigenvalue weighted by Crippen LogP contribution is -2.33. The minimum absolute atomic E-state index is 0.0558. The van der Waals surface area contributed by atoms with Gasteiger partial charge in [0.05, 0.1) is 14.0 Å². The molecular weight excluding hydrogens is 412 g/mol. The van der Waals surface area contributed by atoms with Crippen molar-refractivity contribution in [2.24, 2.45) is 0 Å². The monoisotopic (exact) mass is 432 g/mol. The maximum Gasteiger partial charge on any atom is 0.415 e. The molecule has 0 N–H and O–H groups in total. The first-order valence-corrected chi connectivity index (χ1v) is 10.3. The average Bonchev–Trinajstić information content (AvgIpc) is 3.11. The maximum atomic E-state index is 12.4. The number of ether oxygens (including phenoxy) is 2. The third-order valence-electron chi connectivity index (χ3n) is 3.93. The van der Waals surface area contributed by atoms with E-state index >= 15 is 0 Å². The quantitative estimate of drug-likeness (QED) is 0.646. The van der Waals surface area contributed by atoms with E-state index in [-0.39, 0.29) is 5.57 Å². The fourth-order valence-corrected chi connectivity index (χ4v) is 4.91. The summed E-state index contributed by atoms with van der Waals surface area (Å²) in [6.07, 6.45) is -1.06. The van der Waals surface area contributed by atoms with Gasteiger partial charge < -0.3 is 19.3 Å². The Labute approximate surface area is 178 Å². The second-order valence-electron chi connectivity index (χ2n) is 6.07. The second kappa shape index (κ2) is 9.59. The van der Waals surface area contributed by atoms with Gasteiger partial charge in [0.1, 0.15) is 23.5 Å². The average molecular weight is 433 g/mol. The first-order valence-electron chi connectivity index (χ1n) is 8.70. The SMILES string of the molecule is CCN(CC)C(=O)Oc1cc(C)c(OC(=O)N(C)C)c2c1SC(=C(C#N)C#N)S2. The third kappa shape index (κ3) is 4.78. The molecule has 0 aliphatic carbocycles. The van der Waals surface area contributed by atoms with Crippen LogP contribution in [0.3, 0.4) is 0 Å². The third-order valence-corrected chi connectivity index (χ3v) is 6.54. The fraction of sp³-hybridized carbons (Fsp3) is 0.368. The van der Waals surface area contributed by atoms with E-state index in [0.717, 1.165) is 23.5 Å². The number of thioether (sulfide) groups is 2. The van der Waals surface area contributed by atoms with Gasteiger partial charge in [-0.3, -0.25) is 0 Å². The Bertz CT molecular complexity index is 940. The van der Waals surface area contributed by atoms with Crippen molar-refractivity contribution in [3.63, 3.8) is 0 Å². The van der Waals surface area contributed by atoms with Crippen molar-refractivity contribution in [3.05, 3.63) is 21.4 Å². The van der Waals surface area contributed by atoms with E-state index in [4.69, 9.17) is 9.47 Å². The Morgan fingerprint density at radius 2 is 1.62 bits per heavy atom. The summed E-state index contributed by atoms with van der Waals surface area (Å²) in [6, 6.07) is 5.34. The van der Waals surface area contributed by atoms with Crippen LogP contribution in [0.1, 0.15) is 19.4 Å². The van der Waals surface area contributed by atoms with Gasteiger partial charge in [0.2, 0.25) is 0 Å². The summed E-state index contributed by atoms with van der Waals surface area (Å²) in [7, 11) is 3.13. The van der Waals surface area contributed by atoms with E-state index < -0.39 is 12.2 Å². The lowest BCUT2D eigenvalue weighted by atomic mass is 10.2. The van der Waals surface area contributed by atoms with E-state index in [2.05, 4.69) is 0 Å². The molecule has 0 bridgehead atoms. The van der Waals surface area contributed by atoms with Crippen LogP contribution >= 0.6 is 23.5 Å². The molecule has 2 rings (SSSR count). The Kier molecular flexibility index (Phi) is 7.43. The number of carbonyl (C=O) groups is 2. The van der Waals surface area contributed by atoms with E-state index in [1.165, 1.54) is 9.80 Å². The number of hydrogen-bond acceptors (Lipinski definition) is 8. The summed E-state index contributed by atoms with van der Waals surface area (Å²) in [5.41, 5.74) is 0.533. The van der Waals surface area contributed by atoms with Crippen LogP contribution in [-0.2, 0) is 0 Å². The standard InChI is InChI=1S/C19H20N4O4S2/c1-6-23(7-2)19(25)26-13-8-11(3)14(27-18(24)22(4)5)16-15(13)28-17(29-16)12(9-20)10-21/h8H,6-7H2,1-5H3. The summed E-state index contributed by atoms with van der Waals surface area (Å²) < 4.78 is 11.5. The minimum Gasteiger partial charge on any atom is -0.409 e. The summed E-state index contributed by atoms with van der Waals surface area (Å²) in [4.78, 5) is 28.4. The highest BCUT2D eigenvalue weighted by Gasteiger charge is 2.32. The zero-order chi connectivity index (χ0) is 21.7. The second-order valence-corrected chi connectivity index (χ2v) is 8.37. The largest absolute Gasteiger partial charge is 0.415 e. The predicted molar refractivity (Wildman–Crippen MR) is 110 cm³/mol. The van der Waals surface area contributed by atoms with Crippen LogP contribution in [-0.4, -0.2) is 49.2 Å². The lowest BCUT2D eigenvalue weighted by Gasteiger charge is -2.20.